The maximum absolute atomic E-state index is 12.8. The highest BCUT2D eigenvalue weighted by molar-refractivity contribution is 5.76. The average Bonchev–Trinajstić information content (AvgIpc) is 3.07. The fourth-order valence-corrected chi connectivity index (χ4v) is 5.72. The molecular formula is C25H24F3NO2. The van der Waals surface area contributed by atoms with Crippen LogP contribution < -0.4 is 0 Å². The van der Waals surface area contributed by atoms with E-state index < -0.39 is 11.7 Å². The lowest BCUT2D eigenvalue weighted by molar-refractivity contribution is -0.153. The highest BCUT2D eigenvalue weighted by atomic mass is 19.4. The summed E-state index contributed by atoms with van der Waals surface area (Å²) in [5.41, 5.74) is 3.28. The van der Waals surface area contributed by atoms with E-state index >= 15 is 0 Å². The van der Waals surface area contributed by atoms with Crippen molar-refractivity contribution in [1.29, 1.82) is 0 Å². The summed E-state index contributed by atoms with van der Waals surface area (Å²) in [5, 5.41) is 0. The van der Waals surface area contributed by atoms with Gasteiger partial charge in [-0.3, -0.25) is 9.69 Å². The number of alkyl halides is 3. The van der Waals surface area contributed by atoms with Crippen molar-refractivity contribution in [1.82, 2.24) is 4.90 Å². The maximum Gasteiger partial charge on any atom is 0.416 e. The van der Waals surface area contributed by atoms with Crippen LogP contribution in [0.2, 0.25) is 0 Å². The number of ether oxygens (including phenoxy) is 1. The molecule has 0 radical (unpaired) electrons. The fourth-order valence-electron chi connectivity index (χ4n) is 5.72. The summed E-state index contributed by atoms with van der Waals surface area (Å²) in [4.78, 5) is 15.0. The lowest BCUT2D eigenvalue weighted by atomic mass is 9.71. The summed E-state index contributed by atoms with van der Waals surface area (Å²) in [6.07, 6.45) is 1.07. The topological polar surface area (TPSA) is 29.5 Å². The van der Waals surface area contributed by atoms with E-state index in [2.05, 4.69) is 11.0 Å². The molecule has 3 nitrogen and oxygen atoms in total. The van der Waals surface area contributed by atoms with Gasteiger partial charge in [0.05, 0.1) is 18.6 Å². The second kappa shape index (κ2) is 7.52. The predicted molar refractivity (Wildman–Crippen MR) is 112 cm³/mol. The van der Waals surface area contributed by atoms with Crippen molar-refractivity contribution in [3.63, 3.8) is 0 Å². The second-order valence-corrected chi connectivity index (χ2v) is 8.78. The van der Waals surface area contributed by atoms with Gasteiger partial charge in [0.25, 0.3) is 0 Å². The highest BCUT2D eigenvalue weighted by Gasteiger charge is 2.55. The van der Waals surface area contributed by atoms with E-state index in [1.54, 1.807) is 0 Å². The summed E-state index contributed by atoms with van der Waals surface area (Å²) in [5.74, 6) is 0.0308. The van der Waals surface area contributed by atoms with Crippen molar-refractivity contribution in [3.05, 3.63) is 65.2 Å². The molecule has 2 aromatic carbocycles. The number of nitrogens with zero attached hydrogens (tertiary/aromatic N) is 1. The Kier molecular flexibility index (Phi) is 4.93. The maximum atomic E-state index is 12.8. The van der Waals surface area contributed by atoms with Gasteiger partial charge in [0, 0.05) is 18.6 Å². The third-order valence-corrected chi connectivity index (χ3v) is 7.19. The molecule has 0 N–H and O–H groups in total. The van der Waals surface area contributed by atoms with Crippen LogP contribution in [0.5, 0.6) is 0 Å². The minimum absolute atomic E-state index is 0.0878. The molecule has 4 aliphatic heterocycles. The molecule has 0 aromatic heterocycles. The van der Waals surface area contributed by atoms with Crippen molar-refractivity contribution in [2.45, 2.75) is 37.5 Å². The first kappa shape index (κ1) is 20.3. The van der Waals surface area contributed by atoms with Crippen LogP contribution in [-0.4, -0.2) is 36.6 Å². The number of carbonyl (C=O) groups excluding carboxylic acids is 1. The van der Waals surface area contributed by atoms with Crippen molar-refractivity contribution >= 4 is 12.0 Å². The molecule has 0 saturated carbocycles. The molecule has 1 unspecified atom stereocenters. The minimum atomic E-state index is -4.33. The molecule has 0 spiro atoms. The number of halogens is 3. The van der Waals surface area contributed by atoms with Crippen molar-refractivity contribution in [2.24, 2.45) is 11.8 Å². The van der Waals surface area contributed by atoms with Crippen LogP contribution in [0.3, 0.4) is 0 Å². The number of benzene rings is 2. The first-order valence-electron chi connectivity index (χ1n) is 10.7. The number of methoxy groups -OCH3 is 1. The Labute approximate surface area is 179 Å². The van der Waals surface area contributed by atoms with E-state index in [0.29, 0.717) is 12.1 Å². The highest BCUT2D eigenvalue weighted by Crippen LogP contribution is 2.50. The van der Waals surface area contributed by atoms with Gasteiger partial charge in [0.2, 0.25) is 0 Å². The van der Waals surface area contributed by atoms with Crippen LogP contribution >= 0.6 is 0 Å². The molecule has 2 aromatic rings. The first-order chi connectivity index (χ1) is 14.8. The normalized spacial score (nSPS) is 30.6. The first-order valence-corrected chi connectivity index (χ1v) is 10.7. The Morgan fingerprint density at radius 2 is 1.68 bits per heavy atom. The molecule has 4 fully saturated rings. The number of hydrogen-bond acceptors (Lipinski definition) is 3. The average molecular weight is 427 g/mol. The third kappa shape index (κ3) is 3.57. The number of carbonyl (C=O) groups is 1. The van der Waals surface area contributed by atoms with E-state index in [1.165, 1.54) is 24.8 Å². The van der Waals surface area contributed by atoms with Crippen molar-refractivity contribution in [3.8, 4) is 11.1 Å². The lowest BCUT2D eigenvalue weighted by Gasteiger charge is -2.50. The van der Waals surface area contributed by atoms with Gasteiger partial charge in [-0.05, 0) is 54.0 Å². The summed E-state index contributed by atoms with van der Waals surface area (Å²) < 4.78 is 43.4. The van der Waals surface area contributed by atoms with Crippen LogP contribution in [0, 0.1) is 11.8 Å². The monoisotopic (exact) mass is 427 g/mol. The standard InChI is InChI=1S/C25H24F3NO2/c1-31-24(30)23-21-13-20-10-11-22(23)29(20)14-18(21)12-15-2-4-16(5-3-15)17-6-8-19(9-7-17)25(26,27)28/h2-9,12,20-23H,10-11,13-14H2,1H3/b18-12+/t20-,21+,22+,23-/m0/s1. The third-order valence-electron chi connectivity index (χ3n) is 7.19. The van der Waals surface area contributed by atoms with E-state index in [-0.39, 0.29) is 17.8 Å². The molecule has 4 bridgehead atoms. The van der Waals surface area contributed by atoms with Crippen molar-refractivity contribution in [2.75, 3.05) is 13.7 Å². The summed E-state index contributed by atoms with van der Waals surface area (Å²) in [6.45, 7) is 0.897. The number of esters is 1. The zero-order valence-corrected chi connectivity index (χ0v) is 17.2. The molecule has 5 atom stereocenters. The molecule has 31 heavy (non-hydrogen) atoms. The Morgan fingerprint density at radius 1 is 1.03 bits per heavy atom. The molecule has 4 saturated heterocycles. The molecule has 0 amide bonds. The molecular weight excluding hydrogens is 403 g/mol. The van der Waals surface area contributed by atoms with E-state index in [4.69, 9.17) is 4.74 Å². The Morgan fingerprint density at radius 3 is 2.29 bits per heavy atom. The van der Waals surface area contributed by atoms with Gasteiger partial charge in [-0.25, -0.2) is 0 Å². The van der Waals surface area contributed by atoms with E-state index in [1.807, 2.05) is 24.3 Å². The van der Waals surface area contributed by atoms with Gasteiger partial charge in [0.15, 0.2) is 0 Å². The smallest absolute Gasteiger partial charge is 0.416 e. The SMILES string of the molecule is COC(=O)[C@H]1[C@@H]2C[C@@H]3CC[C@H]1N3C/C2=C\c1ccc(-c2ccc(C(F)(F)F)cc2)cc1. The van der Waals surface area contributed by atoms with Crippen LogP contribution in [0.1, 0.15) is 30.4 Å². The Bertz CT molecular complexity index is 1010. The molecule has 6 heteroatoms. The zero-order valence-electron chi connectivity index (χ0n) is 17.2. The van der Waals surface area contributed by atoms with E-state index in [9.17, 15) is 18.0 Å². The summed E-state index contributed by atoms with van der Waals surface area (Å²) >= 11 is 0. The lowest BCUT2D eigenvalue weighted by Crippen LogP contribution is -2.58. The molecule has 0 aliphatic carbocycles. The number of piperidine rings is 3. The van der Waals surface area contributed by atoms with Crippen LogP contribution in [0.4, 0.5) is 13.2 Å². The number of hydrogen-bond donors (Lipinski definition) is 0. The number of rotatable bonds is 3. The molecule has 162 valence electrons. The number of fused-ring (bicyclic) bond motifs is 1. The molecule has 4 heterocycles. The predicted octanol–water partition coefficient (Wildman–Crippen LogP) is 5.41. The second-order valence-electron chi connectivity index (χ2n) is 8.78. The zero-order chi connectivity index (χ0) is 21.8. The molecule has 6 rings (SSSR count). The van der Waals surface area contributed by atoms with E-state index in [0.717, 1.165) is 54.6 Å². The van der Waals surface area contributed by atoms with Gasteiger partial charge in [0.1, 0.15) is 0 Å². The van der Waals surface area contributed by atoms with Gasteiger partial charge in [-0.1, -0.05) is 48.0 Å². The van der Waals surface area contributed by atoms with Crippen LogP contribution in [0.15, 0.2) is 54.1 Å². The van der Waals surface area contributed by atoms with Crippen molar-refractivity contribution < 1.29 is 22.7 Å². The molecule has 4 aliphatic rings. The van der Waals surface area contributed by atoms with Gasteiger partial charge >= 0.3 is 12.1 Å². The summed E-state index contributed by atoms with van der Waals surface area (Å²) in [6, 6.07) is 13.9. The van der Waals surface area contributed by atoms with Crippen LogP contribution in [0.25, 0.3) is 17.2 Å². The van der Waals surface area contributed by atoms with Gasteiger partial charge in [-0.15, -0.1) is 0 Å². The quantitative estimate of drug-likeness (QED) is 0.614. The van der Waals surface area contributed by atoms with Crippen LogP contribution in [-0.2, 0) is 15.7 Å². The largest absolute Gasteiger partial charge is 0.469 e. The Balaban J connectivity index is 1.37. The summed E-state index contributed by atoms with van der Waals surface area (Å²) in [7, 11) is 1.47. The fraction of sp³-hybridized carbons (Fsp3) is 0.400. The van der Waals surface area contributed by atoms with Gasteiger partial charge < -0.3 is 4.74 Å². The minimum Gasteiger partial charge on any atom is -0.469 e. The van der Waals surface area contributed by atoms with Gasteiger partial charge in [-0.2, -0.15) is 13.2 Å². The Hall–Kier alpha value is -2.60.